The molecule has 1 heterocycles. The lowest BCUT2D eigenvalue weighted by Gasteiger charge is -2.29. The predicted molar refractivity (Wildman–Crippen MR) is 116 cm³/mol. The fraction of sp³-hybridized carbons (Fsp3) is 0.375. The molecule has 1 aliphatic carbocycles. The van der Waals surface area contributed by atoms with Crippen molar-refractivity contribution in [2.75, 3.05) is 6.61 Å². The monoisotopic (exact) mass is 405 g/mol. The summed E-state index contributed by atoms with van der Waals surface area (Å²) < 4.78 is 7.30. The van der Waals surface area contributed by atoms with Crippen molar-refractivity contribution in [2.45, 2.75) is 45.6 Å². The molecule has 0 radical (unpaired) electrons. The molecule has 4 rings (SSSR count). The Morgan fingerprint density at radius 2 is 1.90 bits per heavy atom. The molecule has 1 aromatic heterocycles. The van der Waals surface area contributed by atoms with E-state index in [0.29, 0.717) is 17.0 Å². The van der Waals surface area contributed by atoms with Gasteiger partial charge in [0.05, 0.1) is 16.6 Å². The second kappa shape index (κ2) is 8.69. The van der Waals surface area contributed by atoms with Crippen LogP contribution < -0.4 is 5.32 Å². The fourth-order valence-corrected chi connectivity index (χ4v) is 4.22. The molecule has 1 amide bonds. The maximum atomic E-state index is 12.5. The summed E-state index contributed by atoms with van der Waals surface area (Å²) in [5, 5.41) is 3.00. The van der Waals surface area contributed by atoms with Crippen molar-refractivity contribution in [3.05, 3.63) is 59.9 Å². The number of aryl methyl sites for hydroxylation is 1. The molecular formula is C24H27N3O3. The highest BCUT2D eigenvalue weighted by molar-refractivity contribution is 5.95. The average molecular weight is 405 g/mol. The molecule has 6 heteroatoms. The van der Waals surface area contributed by atoms with Crippen LogP contribution in [0.2, 0.25) is 0 Å². The quantitative estimate of drug-likeness (QED) is 0.646. The first-order valence-corrected chi connectivity index (χ1v) is 10.5. The summed E-state index contributed by atoms with van der Waals surface area (Å²) in [6.07, 6.45) is 4.45. The van der Waals surface area contributed by atoms with Crippen molar-refractivity contribution in [2.24, 2.45) is 5.92 Å². The number of carbonyl (C=O) groups is 2. The van der Waals surface area contributed by atoms with E-state index in [0.717, 1.165) is 36.3 Å². The molecule has 1 fully saturated rings. The van der Waals surface area contributed by atoms with E-state index in [1.807, 2.05) is 47.9 Å². The number of amides is 1. The van der Waals surface area contributed by atoms with E-state index in [9.17, 15) is 9.59 Å². The molecule has 30 heavy (non-hydrogen) atoms. The van der Waals surface area contributed by atoms with E-state index in [2.05, 4.69) is 17.2 Å². The first kappa shape index (κ1) is 20.1. The molecule has 2 atom stereocenters. The summed E-state index contributed by atoms with van der Waals surface area (Å²) in [4.78, 5) is 29.3. The number of nitrogens with zero attached hydrogens (tertiary/aromatic N) is 2. The zero-order valence-corrected chi connectivity index (χ0v) is 17.4. The number of esters is 1. The Kier molecular flexibility index (Phi) is 5.84. The van der Waals surface area contributed by atoms with E-state index >= 15 is 0 Å². The Hall–Kier alpha value is -3.15. The molecular weight excluding hydrogens is 378 g/mol. The summed E-state index contributed by atoms with van der Waals surface area (Å²) in [6, 6.07) is 15.4. The summed E-state index contributed by atoms with van der Waals surface area (Å²) in [5.41, 5.74) is 3.03. The topological polar surface area (TPSA) is 73.2 Å². The Morgan fingerprint density at radius 3 is 2.67 bits per heavy atom. The number of aromatic nitrogens is 2. The van der Waals surface area contributed by atoms with Gasteiger partial charge in [-0.15, -0.1) is 0 Å². The smallest absolute Gasteiger partial charge is 0.338 e. The third kappa shape index (κ3) is 4.22. The van der Waals surface area contributed by atoms with Gasteiger partial charge in [0.1, 0.15) is 5.82 Å². The van der Waals surface area contributed by atoms with E-state index in [1.165, 1.54) is 6.42 Å². The van der Waals surface area contributed by atoms with Crippen LogP contribution in [0.25, 0.3) is 16.7 Å². The number of rotatable bonds is 5. The summed E-state index contributed by atoms with van der Waals surface area (Å²) in [6.45, 7) is 3.82. The fourth-order valence-electron chi connectivity index (χ4n) is 4.22. The Balaban J connectivity index is 1.43. The first-order chi connectivity index (χ1) is 14.5. The maximum Gasteiger partial charge on any atom is 0.338 e. The van der Waals surface area contributed by atoms with Gasteiger partial charge in [-0.2, -0.15) is 0 Å². The standard InChI is InChI=1S/C24H27N3O3/c1-16-8-6-7-11-20(16)26-23(28)15-30-24(29)18-12-13-22-21(14-18)25-17(2)27(22)19-9-4-3-5-10-19/h3-5,9-10,12-14,16,20H,6-8,11,15H2,1-2H3,(H,26,28)/t16-,20+/m0/s1. The molecule has 6 nitrogen and oxygen atoms in total. The van der Waals surface area contributed by atoms with Crippen LogP contribution in [0.1, 0.15) is 48.8 Å². The minimum atomic E-state index is -0.518. The molecule has 0 spiro atoms. The van der Waals surface area contributed by atoms with Gasteiger partial charge in [-0.1, -0.05) is 38.0 Å². The summed E-state index contributed by atoms with van der Waals surface area (Å²) in [7, 11) is 0. The zero-order chi connectivity index (χ0) is 21.1. The number of benzene rings is 2. The molecule has 0 saturated heterocycles. The predicted octanol–water partition coefficient (Wildman–Crippen LogP) is 4.19. The number of fused-ring (bicyclic) bond motifs is 1. The van der Waals surface area contributed by atoms with Gasteiger partial charge in [0.25, 0.3) is 5.91 Å². The van der Waals surface area contributed by atoms with E-state index < -0.39 is 5.97 Å². The number of imidazole rings is 1. The highest BCUT2D eigenvalue weighted by Crippen LogP contribution is 2.24. The van der Waals surface area contributed by atoms with E-state index in [4.69, 9.17) is 4.74 Å². The van der Waals surface area contributed by atoms with E-state index in [1.54, 1.807) is 12.1 Å². The van der Waals surface area contributed by atoms with Crippen molar-refractivity contribution in [1.82, 2.24) is 14.9 Å². The zero-order valence-electron chi connectivity index (χ0n) is 17.4. The number of ether oxygens (including phenoxy) is 1. The van der Waals surface area contributed by atoms with Crippen molar-refractivity contribution in [3.63, 3.8) is 0 Å². The van der Waals surface area contributed by atoms with Gasteiger partial charge in [0.15, 0.2) is 6.61 Å². The van der Waals surface area contributed by atoms with Gasteiger partial charge in [0, 0.05) is 11.7 Å². The Bertz CT molecular complexity index is 1060. The average Bonchev–Trinajstić information content (AvgIpc) is 3.09. The Morgan fingerprint density at radius 1 is 1.13 bits per heavy atom. The van der Waals surface area contributed by atoms with Gasteiger partial charge in [0.2, 0.25) is 0 Å². The van der Waals surface area contributed by atoms with Crippen LogP contribution in [0.3, 0.4) is 0 Å². The second-order valence-corrected chi connectivity index (χ2v) is 8.05. The van der Waals surface area contributed by atoms with Gasteiger partial charge in [-0.25, -0.2) is 9.78 Å². The van der Waals surface area contributed by atoms with Gasteiger partial charge in [-0.05, 0) is 56.0 Å². The summed E-state index contributed by atoms with van der Waals surface area (Å²) >= 11 is 0. The van der Waals surface area contributed by atoms with Crippen molar-refractivity contribution < 1.29 is 14.3 Å². The lowest BCUT2D eigenvalue weighted by Crippen LogP contribution is -2.42. The van der Waals surface area contributed by atoms with Crippen LogP contribution in [-0.4, -0.2) is 34.1 Å². The lowest BCUT2D eigenvalue weighted by atomic mass is 9.86. The van der Waals surface area contributed by atoms with Crippen LogP contribution in [0.4, 0.5) is 0 Å². The van der Waals surface area contributed by atoms with Crippen LogP contribution in [0, 0.1) is 12.8 Å². The van der Waals surface area contributed by atoms with Crippen LogP contribution >= 0.6 is 0 Å². The number of hydrogen-bond acceptors (Lipinski definition) is 4. The molecule has 1 saturated carbocycles. The molecule has 156 valence electrons. The first-order valence-electron chi connectivity index (χ1n) is 10.5. The number of hydrogen-bond donors (Lipinski definition) is 1. The second-order valence-electron chi connectivity index (χ2n) is 8.05. The van der Waals surface area contributed by atoms with E-state index in [-0.39, 0.29) is 18.6 Å². The molecule has 0 bridgehead atoms. The largest absolute Gasteiger partial charge is 0.452 e. The van der Waals surface area contributed by atoms with Crippen molar-refractivity contribution >= 4 is 22.9 Å². The maximum absolute atomic E-state index is 12.5. The molecule has 0 unspecified atom stereocenters. The van der Waals surface area contributed by atoms with Crippen LogP contribution in [-0.2, 0) is 9.53 Å². The SMILES string of the molecule is Cc1nc2cc(C(=O)OCC(=O)N[C@@H]3CCCC[C@@H]3C)ccc2n1-c1ccccc1. The molecule has 2 aromatic carbocycles. The highest BCUT2D eigenvalue weighted by Gasteiger charge is 2.23. The Labute approximate surface area is 176 Å². The number of carbonyl (C=O) groups excluding carboxylic acids is 2. The third-order valence-corrected chi connectivity index (χ3v) is 5.86. The number of nitrogens with one attached hydrogen (secondary N) is 1. The van der Waals surface area contributed by atoms with Gasteiger partial charge >= 0.3 is 5.97 Å². The molecule has 1 N–H and O–H groups in total. The molecule has 3 aromatic rings. The lowest BCUT2D eigenvalue weighted by molar-refractivity contribution is -0.125. The third-order valence-electron chi connectivity index (χ3n) is 5.86. The number of para-hydroxylation sites is 1. The van der Waals surface area contributed by atoms with Crippen molar-refractivity contribution in [3.8, 4) is 5.69 Å². The van der Waals surface area contributed by atoms with Crippen LogP contribution in [0.15, 0.2) is 48.5 Å². The minimum Gasteiger partial charge on any atom is -0.452 e. The van der Waals surface area contributed by atoms with Crippen molar-refractivity contribution in [1.29, 1.82) is 0 Å². The summed E-state index contributed by atoms with van der Waals surface area (Å²) in [5.74, 6) is 0.537. The molecule has 1 aliphatic rings. The molecule has 0 aliphatic heterocycles. The van der Waals surface area contributed by atoms with Gasteiger partial charge < -0.3 is 10.1 Å². The minimum absolute atomic E-state index is 0.172. The van der Waals surface area contributed by atoms with Gasteiger partial charge in [-0.3, -0.25) is 9.36 Å². The normalized spacial score (nSPS) is 18.9. The van der Waals surface area contributed by atoms with Crippen LogP contribution in [0.5, 0.6) is 0 Å². The highest BCUT2D eigenvalue weighted by atomic mass is 16.5.